The van der Waals surface area contributed by atoms with Gasteiger partial charge in [0.1, 0.15) is 0 Å². The van der Waals surface area contributed by atoms with Crippen molar-refractivity contribution >= 4 is 28.6 Å². The molecule has 0 aliphatic heterocycles. The molecule has 0 radical (unpaired) electrons. The zero-order chi connectivity index (χ0) is 20.6. The Balaban J connectivity index is 1.72. The highest BCUT2D eigenvalue weighted by Crippen LogP contribution is 2.24. The van der Waals surface area contributed by atoms with E-state index in [9.17, 15) is 9.59 Å². The Kier molecular flexibility index (Phi) is 8.16. The second-order valence-electron chi connectivity index (χ2n) is 8.15. The molecule has 2 atom stereocenters. The number of aromatic nitrogens is 2. The van der Waals surface area contributed by atoms with Gasteiger partial charge in [-0.05, 0) is 37.3 Å². The first-order valence-electron chi connectivity index (χ1n) is 11.0. The quantitative estimate of drug-likeness (QED) is 0.364. The highest BCUT2D eigenvalue weighted by Gasteiger charge is 2.23. The number of nitrogens with zero attached hydrogens (tertiary/aromatic N) is 2. The Morgan fingerprint density at radius 3 is 2.79 bits per heavy atom. The van der Waals surface area contributed by atoms with Crippen LogP contribution in [0.25, 0.3) is 10.9 Å². The molecular formula is C23H33N3O2S. The highest BCUT2D eigenvalue weighted by molar-refractivity contribution is 7.99. The Hall–Kier alpha value is -1.82. The zero-order valence-electron chi connectivity index (χ0n) is 17.7. The minimum absolute atomic E-state index is 0.00379. The van der Waals surface area contributed by atoms with Gasteiger partial charge in [0.05, 0.1) is 16.7 Å². The van der Waals surface area contributed by atoms with E-state index < -0.39 is 0 Å². The number of hydrogen-bond donors (Lipinski definition) is 1. The molecule has 1 fully saturated rings. The standard InChI is InChI=1S/C23H33N3O2S/c1-3-4-5-10-15-26-22(28)18-12-7-9-14-20(18)25-23(26)29-16-21(27)24-19-13-8-6-11-17(19)2/h7,9,12,14,17,19H,3-6,8,10-11,13,15-16H2,1-2H3,(H,24,27)/t17-,19-/m0/s1. The molecule has 1 aliphatic carbocycles. The van der Waals surface area contributed by atoms with Crippen LogP contribution in [0.2, 0.25) is 0 Å². The van der Waals surface area contributed by atoms with Gasteiger partial charge >= 0.3 is 0 Å². The van der Waals surface area contributed by atoms with E-state index in [0.717, 1.165) is 25.7 Å². The van der Waals surface area contributed by atoms with Crippen LogP contribution in [-0.2, 0) is 11.3 Å². The lowest BCUT2D eigenvalue weighted by Gasteiger charge is -2.29. The van der Waals surface area contributed by atoms with Crippen LogP contribution >= 0.6 is 11.8 Å². The molecule has 2 aromatic rings. The Labute approximate surface area is 177 Å². The molecule has 1 N–H and O–H groups in total. The van der Waals surface area contributed by atoms with Crippen molar-refractivity contribution in [3.63, 3.8) is 0 Å². The van der Waals surface area contributed by atoms with E-state index in [1.165, 1.54) is 37.4 Å². The van der Waals surface area contributed by atoms with Crippen LogP contribution in [0.5, 0.6) is 0 Å². The molecule has 0 saturated heterocycles. The van der Waals surface area contributed by atoms with Crippen LogP contribution < -0.4 is 10.9 Å². The molecule has 1 saturated carbocycles. The van der Waals surface area contributed by atoms with Gasteiger partial charge in [0.2, 0.25) is 5.91 Å². The van der Waals surface area contributed by atoms with Crippen molar-refractivity contribution in [2.24, 2.45) is 5.92 Å². The first-order valence-corrected chi connectivity index (χ1v) is 12.0. The van der Waals surface area contributed by atoms with Crippen LogP contribution in [-0.4, -0.2) is 27.3 Å². The number of benzene rings is 1. The monoisotopic (exact) mass is 415 g/mol. The van der Waals surface area contributed by atoms with E-state index in [2.05, 4.69) is 19.2 Å². The third-order valence-corrected chi connectivity index (χ3v) is 6.83. The lowest BCUT2D eigenvalue weighted by atomic mass is 9.86. The van der Waals surface area contributed by atoms with Gasteiger partial charge in [-0.15, -0.1) is 0 Å². The van der Waals surface area contributed by atoms with Gasteiger partial charge in [-0.3, -0.25) is 14.2 Å². The number of unbranched alkanes of at least 4 members (excludes halogenated alkanes) is 3. The number of para-hydroxylation sites is 1. The molecule has 1 amide bonds. The fraction of sp³-hybridized carbons (Fsp3) is 0.609. The molecule has 1 heterocycles. The second kappa shape index (κ2) is 10.8. The van der Waals surface area contributed by atoms with Crippen LogP contribution in [0.1, 0.15) is 65.2 Å². The number of carbonyl (C=O) groups excluding carboxylic acids is 1. The molecule has 0 bridgehead atoms. The maximum atomic E-state index is 13.0. The predicted molar refractivity (Wildman–Crippen MR) is 120 cm³/mol. The molecule has 0 unspecified atom stereocenters. The number of amides is 1. The molecule has 1 aromatic heterocycles. The molecular weight excluding hydrogens is 382 g/mol. The minimum Gasteiger partial charge on any atom is -0.352 e. The molecule has 158 valence electrons. The van der Waals surface area contributed by atoms with Crippen LogP contribution in [0.4, 0.5) is 0 Å². The summed E-state index contributed by atoms with van der Waals surface area (Å²) in [4.78, 5) is 30.3. The van der Waals surface area contributed by atoms with Crippen molar-refractivity contribution in [3.8, 4) is 0 Å². The van der Waals surface area contributed by atoms with Gasteiger partial charge in [-0.2, -0.15) is 0 Å². The van der Waals surface area contributed by atoms with Gasteiger partial charge < -0.3 is 5.32 Å². The zero-order valence-corrected chi connectivity index (χ0v) is 18.5. The number of fused-ring (bicyclic) bond motifs is 1. The van der Waals surface area contributed by atoms with E-state index >= 15 is 0 Å². The second-order valence-corrected chi connectivity index (χ2v) is 9.10. The summed E-state index contributed by atoms with van der Waals surface area (Å²) in [6, 6.07) is 7.74. The molecule has 29 heavy (non-hydrogen) atoms. The molecule has 3 rings (SSSR count). The van der Waals surface area contributed by atoms with Crippen molar-refractivity contribution in [3.05, 3.63) is 34.6 Å². The Morgan fingerprint density at radius 1 is 1.21 bits per heavy atom. The fourth-order valence-electron chi connectivity index (χ4n) is 4.06. The molecule has 5 nitrogen and oxygen atoms in total. The summed E-state index contributed by atoms with van der Waals surface area (Å²) in [7, 11) is 0. The van der Waals surface area contributed by atoms with E-state index in [1.807, 2.05) is 24.3 Å². The summed E-state index contributed by atoms with van der Waals surface area (Å²) < 4.78 is 1.76. The van der Waals surface area contributed by atoms with Gasteiger partial charge in [0.15, 0.2) is 5.16 Å². The van der Waals surface area contributed by atoms with Crippen molar-refractivity contribution in [2.45, 2.75) is 83.0 Å². The number of hydrogen-bond acceptors (Lipinski definition) is 4. The highest BCUT2D eigenvalue weighted by atomic mass is 32.2. The summed E-state index contributed by atoms with van der Waals surface area (Å²) in [6.07, 6.45) is 9.06. The van der Waals surface area contributed by atoms with E-state index in [-0.39, 0.29) is 17.5 Å². The Morgan fingerprint density at radius 2 is 2.00 bits per heavy atom. The molecule has 0 spiro atoms. The summed E-state index contributed by atoms with van der Waals surface area (Å²) in [5.74, 6) is 0.866. The van der Waals surface area contributed by atoms with Crippen molar-refractivity contribution in [1.82, 2.24) is 14.9 Å². The van der Waals surface area contributed by atoms with Gasteiger partial charge in [-0.25, -0.2) is 4.98 Å². The number of rotatable bonds is 9. The first-order chi connectivity index (χ1) is 14.1. The Bertz CT molecular complexity index is 880. The van der Waals surface area contributed by atoms with Crippen molar-refractivity contribution in [1.29, 1.82) is 0 Å². The fourth-order valence-corrected chi connectivity index (χ4v) is 4.90. The topological polar surface area (TPSA) is 64.0 Å². The summed E-state index contributed by atoms with van der Waals surface area (Å²) >= 11 is 1.38. The third-order valence-electron chi connectivity index (χ3n) is 5.85. The molecule has 1 aliphatic rings. The molecule has 1 aromatic carbocycles. The SMILES string of the molecule is CCCCCCn1c(SCC(=O)N[C@H]2CCCC[C@@H]2C)nc2ccccc2c1=O. The first kappa shape index (κ1) is 21.9. The largest absolute Gasteiger partial charge is 0.352 e. The van der Waals surface area contributed by atoms with E-state index in [1.54, 1.807) is 4.57 Å². The number of nitrogens with one attached hydrogen (secondary N) is 1. The van der Waals surface area contributed by atoms with Gasteiger partial charge in [0, 0.05) is 12.6 Å². The number of thioether (sulfide) groups is 1. The maximum absolute atomic E-state index is 13.0. The van der Waals surface area contributed by atoms with Gasteiger partial charge in [0.25, 0.3) is 5.56 Å². The molecule has 6 heteroatoms. The summed E-state index contributed by atoms with van der Waals surface area (Å²) in [6.45, 7) is 5.05. The minimum atomic E-state index is -0.00379. The van der Waals surface area contributed by atoms with Crippen molar-refractivity contribution < 1.29 is 4.79 Å². The van der Waals surface area contributed by atoms with Gasteiger partial charge in [-0.1, -0.05) is 69.8 Å². The van der Waals surface area contributed by atoms with E-state index in [0.29, 0.717) is 34.3 Å². The number of carbonyl (C=O) groups is 1. The summed E-state index contributed by atoms with van der Waals surface area (Å²) in [5.41, 5.74) is 0.696. The average molecular weight is 416 g/mol. The van der Waals surface area contributed by atoms with Crippen LogP contribution in [0.15, 0.2) is 34.2 Å². The average Bonchev–Trinajstić information content (AvgIpc) is 2.73. The third kappa shape index (κ3) is 5.84. The van der Waals surface area contributed by atoms with Crippen LogP contribution in [0.3, 0.4) is 0 Å². The lowest BCUT2D eigenvalue weighted by molar-refractivity contribution is -0.119. The van der Waals surface area contributed by atoms with Crippen molar-refractivity contribution in [2.75, 3.05) is 5.75 Å². The summed E-state index contributed by atoms with van der Waals surface area (Å²) in [5, 5.41) is 4.49. The smallest absolute Gasteiger partial charge is 0.262 e. The normalized spacial score (nSPS) is 19.4. The predicted octanol–water partition coefficient (Wildman–Crippen LogP) is 4.76. The van der Waals surface area contributed by atoms with Crippen LogP contribution in [0, 0.1) is 5.92 Å². The maximum Gasteiger partial charge on any atom is 0.262 e. The lowest BCUT2D eigenvalue weighted by Crippen LogP contribution is -2.42. The van der Waals surface area contributed by atoms with E-state index in [4.69, 9.17) is 4.98 Å².